The van der Waals surface area contributed by atoms with Crippen molar-refractivity contribution in [3.8, 4) is 0 Å². The Morgan fingerprint density at radius 2 is 1.90 bits per heavy atom. The van der Waals surface area contributed by atoms with Crippen LogP contribution in [0.3, 0.4) is 0 Å². The number of amides is 1. The molecule has 1 heterocycles. The first-order valence-electron chi connectivity index (χ1n) is 6.03. The third-order valence-electron chi connectivity index (χ3n) is 3.15. The molecule has 20 heavy (non-hydrogen) atoms. The molecule has 108 valence electrons. The fourth-order valence-electron chi connectivity index (χ4n) is 2.08. The zero-order chi connectivity index (χ0) is 14.9. The molecule has 0 radical (unpaired) electrons. The second kappa shape index (κ2) is 5.54. The quantitative estimate of drug-likeness (QED) is 0.894. The fraction of sp³-hybridized carbons (Fsp3) is 0.385. The zero-order valence-corrected chi connectivity index (χ0v) is 10.7. The summed E-state index contributed by atoms with van der Waals surface area (Å²) in [4.78, 5) is 24.8. The molecule has 1 aliphatic rings. The summed E-state index contributed by atoms with van der Waals surface area (Å²) < 4.78 is 31.6. The van der Waals surface area contributed by atoms with Crippen molar-refractivity contribution >= 4 is 11.9 Å². The maximum Gasteiger partial charge on any atom is 0.336 e. The van der Waals surface area contributed by atoms with Crippen LogP contribution in [0.1, 0.15) is 27.6 Å². The SMILES string of the molecule is CC1COCCN1C(=O)c1cc(F)c(F)cc1C(=O)O. The molecule has 1 fully saturated rings. The third-order valence-corrected chi connectivity index (χ3v) is 3.15. The van der Waals surface area contributed by atoms with Gasteiger partial charge in [0, 0.05) is 6.54 Å². The molecule has 1 unspecified atom stereocenters. The van der Waals surface area contributed by atoms with Crippen LogP contribution in [0.15, 0.2) is 12.1 Å². The first-order valence-corrected chi connectivity index (χ1v) is 6.03. The summed E-state index contributed by atoms with van der Waals surface area (Å²) >= 11 is 0. The molecule has 0 aromatic heterocycles. The Morgan fingerprint density at radius 3 is 2.45 bits per heavy atom. The number of carboxylic acid groups (broad SMARTS) is 1. The molecule has 1 amide bonds. The average Bonchev–Trinajstić information content (AvgIpc) is 2.41. The van der Waals surface area contributed by atoms with Crippen LogP contribution < -0.4 is 0 Å². The molecule has 1 saturated heterocycles. The van der Waals surface area contributed by atoms with Gasteiger partial charge in [-0.25, -0.2) is 13.6 Å². The van der Waals surface area contributed by atoms with Gasteiger partial charge in [0.05, 0.1) is 30.4 Å². The molecule has 1 aliphatic heterocycles. The highest BCUT2D eigenvalue weighted by Crippen LogP contribution is 2.19. The third kappa shape index (κ3) is 2.62. The van der Waals surface area contributed by atoms with E-state index < -0.39 is 29.1 Å². The number of benzene rings is 1. The molecular formula is C13H13F2NO4. The molecule has 0 bridgehead atoms. The van der Waals surface area contributed by atoms with E-state index in [0.29, 0.717) is 25.3 Å². The van der Waals surface area contributed by atoms with Crippen molar-refractivity contribution in [3.05, 3.63) is 34.9 Å². The molecular weight excluding hydrogens is 272 g/mol. The summed E-state index contributed by atoms with van der Waals surface area (Å²) in [6, 6.07) is 0.894. The van der Waals surface area contributed by atoms with Crippen molar-refractivity contribution in [2.75, 3.05) is 19.8 Å². The lowest BCUT2D eigenvalue weighted by molar-refractivity contribution is 0.00343. The van der Waals surface area contributed by atoms with Crippen molar-refractivity contribution in [1.82, 2.24) is 4.90 Å². The molecule has 1 aromatic carbocycles. The van der Waals surface area contributed by atoms with Gasteiger partial charge in [0.1, 0.15) is 0 Å². The molecule has 1 aromatic rings. The lowest BCUT2D eigenvalue weighted by atomic mass is 10.0. The van der Waals surface area contributed by atoms with Crippen LogP contribution in [0.5, 0.6) is 0 Å². The second-order valence-corrected chi connectivity index (χ2v) is 4.54. The van der Waals surface area contributed by atoms with Crippen molar-refractivity contribution < 1.29 is 28.2 Å². The van der Waals surface area contributed by atoms with E-state index in [1.807, 2.05) is 0 Å². The van der Waals surface area contributed by atoms with Gasteiger partial charge in [-0.05, 0) is 19.1 Å². The number of carboxylic acids is 1. The van der Waals surface area contributed by atoms with Crippen LogP contribution >= 0.6 is 0 Å². The van der Waals surface area contributed by atoms with Gasteiger partial charge in [-0.3, -0.25) is 4.79 Å². The van der Waals surface area contributed by atoms with Crippen LogP contribution in [-0.2, 0) is 4.74 Å². The predicted molar refractivity (Wildman–Crippen MR) is 64.6 cm³/mol. The van der Waals surface area contributed by atoms with Crippen molar-refractivity contribution in [2.45, 2.75) is 13.0 Å². The van der Waals surface area contributed by atoms with E-state index in [0.717, 1.165) is 0 Å². The number of aromatic carboxylic acids is 1. The van der Waals surface area contributed by atoms with Gasteiger partial charge in [0.15, 0.2) is 11.6 Å². The van der Waals surface area contributed by atoms with Crippen LogP contribution in [0.25, 0.3) is 0 Å². The highest BCUT2D eigenvalue weighted by atomic mass is 19.2. The summed E-state index contributed by atoms with van der Waals surface area (Å²) in [6.07, 6.45) is 0. The van der Waals surface area contributed by atoms with Gasteiger partial charge in [-0.15, -0.1) is 0 Å². The van der Waals surface area contributed by atoms with E-state index >= 15 is 0 Å². The van der Waals surface area contributed by atoms with Gasteiger partial charge in [-0.2, -0.15) is 0 Å². The summed E-state index contributed by atoms with van der Waals surface area (Å²) in [7, 11) is 0. The summed E-state index contributed by atoms with van der Waals surface area (Å²) in [5.74, 6) is -4.67. The summed E-state index contributed by atoms with van der Waals surface area (Å²) in [6.45, 7) is 2.65. The number of rotatable bonds is 2. The standard InChI is InChI=1S/C13H13F2NO4/c1-7-6-20-3-2-16(7)12(17)8-4-10(14)11(15)5-9(8)13(18)19/h4-5,7H,2-3,6H2,1H3,(H,18,19). The summed E-state index contributed by atoms with van der Waals surface area (Å²) in [5.41, 5.74) is -0.905. The minimum atomic E-state index is -1.48. The lowest BCUT2D eigenvalue weighted by Crippen LogP contribution is -2.47. The number of halogens is 2. The number of carbonyl (C=O) groups is 2. The maximum absolute atomic E-state index is 13.3. The molecule has 0 aliphatic carbocycles. The average molecular weight is 285 g/mol. The monoisotopic (exact) mass is 285 g/mol. The molecule has 5 nitrogen and oxygen atoms in total. The van der Waals surface area contributed by atoms with Gasteiger partial charge in [-0.1, -0.05) is 0 Å². The van der Waals surface area contributed by atoms with Crippen LogP contribution in [0, 0.1) is 11.6 Å². The number of carbonyl (C=O) groups excluding carboxylic acids is 1. The van der Waals surface area contributed by atoms with E-state index in [-0.39, 0.29) is 18.2 Å². The lowest BCUT2D eigenvalue weighted by Gasteiger charge is -2.33. The first-order chi connectivity index (χ1) is 9.41. The summed E-state index contributed by atoms with van der Waals surface area (Å²) in [5, 5.41) is 9.01. The van der Waals surface area contributed by atoms with E-state index in [2.05, 4.69) is 0 Å². The number of hydrogen-bond donors (Lipinski definition) is 1. The van der Waals surface area contributed by atoms with E-state index in [9.17, 15) is 18.4 Å². The largest absolute Gasteiger partial charge is 0.478 e. The number of morpholine rings is 1. The number of nitrogens with zero attached hydrogens (tertiary/aromatic N) is 1. The van der Waals surface area contributed by atoms with Crippen molar-refractivity contribution in [1.29, 1.82) is 0 Å². The minimum absolute atomic E-state index is 0.258. The van der Waals surface area contributed by atoms with Crippen molar-refractivity contribution in [2.24, 2.45) is 0 Å². The van der Waals surface area contributed by atoms with Gasteiger partial charge < -0.3 is 14.7 Å². The molecule has 2 rings (SSSR count). The first kappa shape index (κ1) is 14.4. The Kier molecular flexibility index (Phi) is 3.99. The zero-order valence-electron chi connectivity index (χ0n) is 10.7. The van der Waals surface area contributed by atoms with E-state index in [1.54, 1.807) is 6.92 Å². The Labute approximate surface area is 113 Å². The second-order valence-electron chi connectivity index (χ2n) is 4.54. The molecule has 0 saturated carbocycles. The Morgan fingerprint density at radius 1 is 1.30 bits per heavy atom. The van der Waals surface area contributed by atoms with Crippen LogP contribution in [-0.4, -0.2) is 47.7 Å². The number of ether oxygens (including phenoxy) is 1. The molecule has 1 N–H and O–H groups in total. The van der Waals surface area contributed by atoms with Crippen LogP contribution in [0.2, 0.25) is 0 Å². The van der Waals surface area contributed by atoms with E-state index in [4.69, 9.17) is 9.84 Å². The van der Waals surface area contributed by atoms with Crippen LogP contribution in [0.4, 0.5) is 8.78 Å². The van der Waals surface area contributed by atoms with Gasteiger partial charge in [0.2, 0.25) is 0 Å². The molecule has 1 atom stereocenters. The Balaban J connectivity index is 2.42. The smallest absolute Gasteiger partial charge is 0.336 e. The Hall–Kier alpha value is -2.02. The normalized spacial score (nSPS) is 18.9. The topological polar surface area (TPSA) is 66.8 Å². The highest BCUT2D eigenvalue weighted by Gasteiger charge is 2.29. The maximum atomic E-state index is 13.3. The van der Waals surface area contributed by atoms with Gasteiger partial charge >= 0.3 is 5.97 Å². The van der Waals surface area contributed by atoms with Crippen molar-refractivity contribution in [3.63, 3.8) is 0 Å². The Bertz CT molecular complexity index is 562. The molecule has 7 heteroatoms. The fourth-order valence-corrected chi connectivity index (χ4v) is 2.08. The highest BCUT2D eigenvalue weighted by molar-refractivity contribution is 6.04. The van der Waals surface area contributed by atoms with Gasteiger partial charge in [0.25, 0.3) is 5.91 Å². The van der Waals surface area contributed by atoms with E-state index in [1.165, 1.54) is 4.90 Å². The minimum Gasteiger partial charge on any atom is -0.478 e. The predicted octanol–water partition coefficient (Wildman–Crippen LogP) is 1.52. The number of hydrogen-bond acceptors (Lipinski definition) is 3. The molecule has 0 spiro atoms.